The number of carbonyl (C=O) groups excluding carboxylic acids is 2. The predicted octanol–water partition coefficient (Wildman–Crippen LogP) is 2.20. The largest absolute Gasteiger partial charge is 0.480 e. The van der Waals surface area contributed by atoms with E-state index in [0.29, 0.717) is 6.42 Å². The molecule has 0 saturated heterocycles. The number of hydrogen-bond acceptors (Lipinski definition) is 3. The van der Waals surface area contributed by atoms with Crippen molar-refractivity contribution in [2.45, 2.75) is 32.0 Å². The lowest BCUT2D eigenvalue weighted by Gasteiger charge is -2.14. The first kappa shape index (κ1) is 20.3. The van der Waals surface area contributed by atoms with Gasteiger partial charge in [0.25, 0.3) is 0 Å². The summed E-state index contributed by atoms with van der Waals surface area (Å²) in [6.45, 7) is 1.29. The van der Waals surface area contributed by atoms with E-state index in [1.54, 1.807) is 6.92 Å². The topological polar surface area (TPSA) is 108 Å². The lowest BCUT2D eigenvalue weighted by molar-refractivity contribution is -0.141. The number of carboxylic acid groups (broad SMARTS) is 1. The number of alkyl halides is 3. The van der Waals surface area contributed by atoms with Crippen molar-refractivity contribution in [3.63, 3.8) is 0 Å². The number of amides is 3. The van der Waals surface area contributed by atoms with Crippen LogP contribution >= 0.6 is 0 Å². The van der Waals surface area contributed by atoms with Gasteiger partial charge in [0, 0.05) is 5.69 Å². The van der Waals surface area contributed by atoms with E-state index in [0.717, 1.165) is 24.3 Å². The molecular weight excluding hydrogens is 343 g/mol. The summed E-state index contributed by atoms with van der Waals surface area (Å²) < 4.78 is 37.3. The Hall–Kier alpha value is -2.78. The van der Waals surface area contributed by atoms with Crippen LogP contribution in [0.15, 0.2) is 24.3 Å². The molecule has 3 amide bonds. The van der Waals surface area contributed by atoms with Crippen molar-refractivity contribution in [1.29, 1.82) is 0 Å². The number of benzene rings is 1. The summed E-state index contributed by atoms with van der Waals surface area (Å²) in [6.07, 6.45) is -3.67. The minimum Gasteiger partial charge on any atom is -0.480 e. The molecule has 0 saturated carbocycles. The molecule has 1 rings (SSSR count). The van der Waals surface area contributed by atoms with Gasteiger partial charge in [0.15, 0.2) is 0 Å². The number of rotatable bonds is 7. The molecule has 1 unspecified atom stereocenters. The average molecular weight is 361 g/mol. The van der Waals surface area contributed by atoms with E-state index in [9.17, 15) is 27.6 Å². The molecule has 0 aliphatic heterocycles. The summed E-state index contributed by atoms with van der Waals surface area (Å²) in [6, 6.07) is 1.92. The van der Waals surface area contributed by atoms with Crippen LogP contribution in [0, 0.1) is 0 Å². The van der Waals surface area contributed by atoms with Gasteiger partial charge < -0.3 is 21.1 Å². The van der Waals surface area contributed by atoms with Gasteiger partial charge in [-0.2, -0.15) is 13.2 Å². The Labute approximate surface area is 141 Å². The highest BCUT2D eigenvalue weighted by atomic mass is 19.4. The van der Waals surface area contributed by atoms with Crippen LogP contribution in [0.5, 0.6) is 0 Å². The van der Waals surface area contributed by atoms with Crippen LogP contribution < -0.4 is 16.0 Å². The van der Waals surface area contributed by atoms with Gasteiger partial charge >= 0.3 is 18.2 Å². The van der Waals surface area contributed by atoms with Gasteiger partial charge in [-0.3, -0.25) is 4.79 Å². The molecule has 0 radical (unpaired) electrons. The maximum absolute atomic E-state index is 12.4. The first-order valence-corrected chi connectivity index (χ1v) is 7.37. The van der Waals surface area contributed by atoms with Gasteiger partial charge in [-0.05, 0) is 30.7 Å². The maximum atomic E-state index is 12.4. The second-order valence-electron chi connectivity index (χ2n) is 5.13. The average Bonchev–Trinajstić information content (AvgIpc) is 2.52. The summed E-state index contributed by atoms with van der Waals surface area (Å²) >= 11 is 0. The fourth-order valence-corrected chi connectivity index (χ4v) is 1.87. The highest BCUT2D eigenvalue weighted by Gasteiger charge is 2.30. The molecular formula is C15H18F3N3O4. The van der Waals surface area contributed by atoms with Crippen molar-refractivity contribution in [1.82, 2.24) is 10.6 Å². The monoisotopic (exact) mass is 361 g/mol. The highest BCUT2D eigenvalue weighted by Crippen LogP contribution is 2.29. The summed E-state index contributed by atoms with van der Waals surface area (Å²) in [7, 11) is 0. The summed E-state index contributed by atoms with van der Waals surface area (Å²) in [5, 5.41) is 15.6. The van der Waals surface area contributed by atoms with Crippen LogP contribution in [-0.4, -0.2) is 35.6 Å². The SMILES string of the molecule is CCCC(NC(=O)CNC(=O)Nc1ccc(C(F)(F)F)cc1)C(=O)O. The zero-order valence-electron chi connectivity index (χ0n) is 13.3. The first-order chi connectivity index (χ1) is 11.6. The van der Waals surface area contributed by atoms with Crippen molar-refractivity contribution in [3.05, 3.63) is 29.8 Å². The second kappa shape index (κ2) is 8.90. The van der Waals surface area contributed by atoms with Gasteiger partial charge in [-0.15, -0.1) is 0 Å². The first-order valence-electron chi connectivity index (χ1n) is 7.37. The number of carboxylic acids is 1. The normalized spacial score (nSPS) is 12.2. The van der Waals surface area contributed by atoms with Crippen LogP contribution in [0.4, 0.5) is 23.7 Å². The number of anilines is 1. The van der Waals surface area contributed by atoms with Crippen LogP contribution in [0.2, 0.25) is 0 Å². The Morgan fingerprint density at radius 1 is 1.16 bits per heavy atom. The lowest BCUT2D eigenvalue weighted by Crippen LogP contribution is -2.46. The molecule has 0 aliphatic rings. The number of hydrogen-bond donors (Lipinski definition) is 4. The third-order valence-electron chi connectivity index (χ3n) is 3.09. The van der Waals surface area contributed by atoms with E-state index in [1.807, 2.05) is 0 Å². The molecule has 0 aliphatic carbocycles. The van der Waals surface area contributed by atoms with Gasteiger partial charge in [0.2, 0.25) is 5.91 Å². The number of aliphatic carboxylic acids is 1. The smallest absolute Gasteiger partial charge is 0.416 e. The molecule has 10 heteroatoms. The molecule has 25 heavy (non-hydrogen) atoms. The molecule has 0 aromatic heterocycles. The molecule has 1 atom stereocenters. The van der Waals surface area contributed by atoms with Crippen LogP contribution in [0.3, 0.4) is 0 Å². The molecule has 0 bridgehead atoms. The van der Waals surface area contributed by atoms with Crippen molar-refractivity contribution in [3.8, 4) is 0 Å². The molecule has 0 heterocycles. The fourth-order valence-electron chi connectivity index (χ4n) is 1.87. The Balaban J connectivity index is 2.46. The van der Waals surface area contributed by atoms with Crippen molar-refractivity contribution in [2.24, 2.45) is 0 Å². The van der Waals surface area contributed by atoms with Crippen molar-refractivity contribution < 1.29 is 32.7 Å². The Morgan fingerprint density at radius 2 is 1.76 bits per heavy atom. The van der Waals surface area contributed by atoms with Gasteiger partial charge in [0.1, 0.15) is 6.04 Å². The van der Waals surface area contributed by atoms with Crippen LogP contribution in [0.25, 0.3) is 0 Å². The van der Waals surface area contributed by atoms with E-state index in [1.165, 1.54) is 0 Å². The summed E-state index contributed by atoms with van der Waals surface area (Å²) in [5.41, 5.74) is -0.742. The predicted molar refractivity (Wildman–Crippen MR) is 82.9 cm³/mol. The van der Waals surface area contributed by atoms with E-state index < -0.39 is 42.2 Å². The quantitative estimate of drug-likeness (QED) is 0.597. The lowest BCUT2D eigenvalue weighted by atomic mass is 10.1. The maximum Gasteiger partial charge on any atom is 0.416 e. The number of carbonyl (C=O) groups is 3. The molecule has 0 spiro atoms. The Kier molecular flexibility index (Phi) is 7.22. The minimum absolute atomic E-state index is 0.111. The van der Waals surface area contributed by atoms with Crippen LogP contribution in [0.1, 0.15) is 25.3 Å². The highest BCUT2D eigenvalue weighted by molar-refractivity contribution is 5.93. The van der Waals surface area contributed by atoms with E-state index in [4.69, 9.17) is 5.11 Å². The van der Waals surface area contributed by atoms with Gasteiger partial charge in [0.05, 0.1) is 12.1 Å². The fraction of sp³-hybridized carbons (Fsp3) is 0.400. The Bertz CT molecular complexity index is 617. The summed E-state index contributed by atoms with van der Waals surface area (Å²) in [5.74, 6) is -1.87. The number of nitrogens with one attached hydrogen (secondary N) is 3. The molecule has 1 aromatic carbocycles. The van der Waals surface area contributed by atoms with Gasteiger partial charge in [-0.25, -0.2) is 9.59 Å². The number of halogens is 3. The van der Waals surface area contributed by atoms with E-state index in [-0.39, 0.29) is 12.1 Å². The molecule has 1 aromatic rings. The standard InChI is InChI=1S/C15H18F3N3O4/c1-2-3-11(13(23)24)21-12(22)8-19-14(25)20-10-6-4-9(5-7-10)15(16,17)18/h4-7,11H,2-3,8H2,1H3,(H,21,22)(H,23,24)(H2,19,20,25). The van der Waals surface area contributed by atoms with Crippen molar-refractivity contribution in [2.75, 3.05) is 11.9 Å². The Morgan fingerprint density at radius 3 is 2.24 bits per heavy atom. The van der Waals surface area contributed by atoms with E-state index in [2.05, 4.69) is 16.0 Å². The minimum atomic E-state index is -4.47. The molecule has 0 fully saturated rings. The van der Waals surface area contributed by atoms with Crippen molar-refractivity contribution >= 4 is 23.6 Å². The second-order valence-corrected chi connectivity index (χ2v) is 5.13. The van der Waals surface area contributed by atoms with Crippen LogP contribution in [-0.2, 0) is 15.8 Å². The van der Waals surface area contributed by atoms with E-state index >= 15 is 0 Å². The zero-order valence-corrected chi connectivity index (χ0v) is 13.3. The third-order valence-corrected chi connectivity index (χ3v) is 3.09. The van der Waals surface area contributed by atoms with Gasteiger partial charge in [-0.1, -0.05) is 13.3 Å². The molecule has 4 N–H and O–H groups in total. The zero-order chi connectivity index (χ0) is 19.0. The summed E-state index contributed by atoms with van der Waals surface area (Å²) in [4.78, 5) is 34.1. The molecule has 138 valence electrons. The third kappa shape index (κ3) is 7.10. The number of urea groups is 1. The molecule has 7 nitrogen and oxygen atoms in total.